The van der Waals surface area contributed by atoms with Crippen LogP contribution in [0.2, 0.25) is 0 Å². The molecule has 0 spiro atoms. The number of pyridine rings is 1. The van der Waals surface area contributed by atoms with Crippen LogP contribution in [0.5, 0.6) is 0 Å². The minimum atomic E-state index is -0.403. The highest BCUT2D eigenvalue weighted by Crippen LogP contribution is 2.06. The zero-order valence-corrected chi connectivity index (χ0v) is 11.7. The Morgan fingerprint density at radius 1 is 1.42 bits per heavy atom. The molecule has 0 aliphatic heterocycles. The number of rotatable bonds is 6. The third-order valence-electron chi connectivity index (χ3n) is 2.83. The second-order valence-corrected chi connectivity index (χ2v) is 4.34. The van der Waals surface area contributed by atoms with Crippen LogP contribution in [0.25, 0.3) is 0 Å². The van der Waals surface area contributed by atoms with E-state index in [4.69, 9.17) is 0 Å². The largest absolute Gasteiger partial charge is 0.468 e. The van der Waals surface area contributed by atoms with Crippen molar-refractivity contribution >= 4 is 11.9 Å². The van der Waals surface area contributed by atoms with Gasteiger partial charge in [-0.15, -0.1) is 0 Å². The molecule has 0 aliphatic rings. The Bertz CT molecular complexity index is 446. The fourth-order valence-electron chi connectivity index (χ4n) is 1.74. The highest BCUT2D eigenvalue weighted by molar-refractivity contribution is 5.83. The lowest BCUT2D eigenvalue weighted by Crippen LogP contribution is -2.38. The predicted molar refractivity (Wildman–Crippen MR) is 71.6 cm³/mol. The molecular weight excluding hydrogens is 244 g/mol. The summed E-state index contributed by atoms with van der Waals surface area (Å²) in [6, 6.07) is 3.75. The summed E-state index contributed by atoms with van der Waals surface area (Å²) in [5, 5.41) is 0. The van der Waals surface area contributed by atoms with Crippen LogP contribution in [0.1, 0.15) is 24.6 Å². The smallest absolute Gasteiger partial charge is 0.325 e. The van der Waals surface area contributed by atoms with Crippen molar-refractivity contribution in [3.05, 3.63) is 29.6 Å². The van der Waals surface area contributed by atoms with E-state index < -0.39 is 5.97 Å². The first-order valence-electron chi connectivity index (χ1n) is 6.33. The van der Waals surface area contributed by atoms with Gasteiger partial charge in [-0.3, -0.25) is 14.6 Å². The number of carbonyl (C=O) groups excluding carboxylic acids is 2. The summed E-state index contributed by atoms with van der Waals surface area (Å²) in [5.74, 6) is -0.506. The molecule has 0 unspecified atom stereocenters. The maximum atomic E-state index is 12.2. The number of hydrogen-bond acceptors (Lipinski definition) is 4. The molecule has 5 heteroatoms. The van der Waals surface area contributed by atoms with Crippen LogP contribution in [0.3, 0.4) is 0 Å². The van der Waals surface area contributed by atoms with Crippen molar-refractivity contribution in [1.29, 1.82) is 0 Å². The molecule has 5 nitrogen and oxygen atoms in total. The van der Waals surface area contributed by atoms with Crippen molar-refractivity contribution in [2.75, 3.05) is 20.2 Å². The summed E-state index contributed by atoms with van der Waals surface area (Å²) in [7, 11) is 1.32. The molecule has 19 heavy (non-hydrogen) atoms. The number of amides is 1. The Morgan fingerprint density at radius 3 is 2.74 bits per heavy atom. The van der Waals surface area contributed by atoms with Crippen LogP contribution in [-0.4, -0.2) is 42.0 Å². The van der Waals surface area contributed by atoms with Crippen LogP contribution in [0, 0.1) is 6.92 Å². The number of aryl methyl sites for hydroxylation is 1. The molecule has 0 saturated carbocycles. The summed E-state index contributed by atoms with van der Waals surface area (Å²) in [4.78, 5) is 29.2. The van der Waals surface area contributed by atoms with Gasteiger partial charge in [0, 0.05) is 12.7 Å². The lowest BCUT2D eigenvalue weighted by atomic mass is 10.1. The number of methoxy groups -OCH3 is 1. The summed E-state index contributed by atoms with van der Waals surface area (Å²) in [6.45, 7) is 4.42. The fourth-order valence-corrected chi connectivity index (χ4v) is 1.74. The van der Waals surface area contributed by atoms with Gasteiger partial charge in [-0.1, -0.05) is 13.0 Å². The van der Waals surface area contributed by atoms with Crippen molar-refractivity contribution < 1.29 is 14.3 Å². The molecule has 1 rings (SSSR count). The predicted octanol–water partition coefficient (Wildman–Crippen LogP) is 1.34. The van der Waals surface area contributed by atoms with Gasteiger partial charge in [0.15, 0.2) is 0 Å². The van der Waals surface area contributed by atoms with Crippen LogP contribution < -0.4 is 0 Å². The Hall–Kier alpha value is -1.91. The Morgan fingerprint density at radius 2 is 2.16 bits per heavy atom. The highest BCUT2D eigenvalue weighted by atomic mass is 16.5. The summed E-state index contributed by atoms with van der Waals surface area (Å²) in [6.07, 6.45) is 2.67. The van der Waals surface area contributed by atoms with E-state index in [1.54, 1.807) is 6.20 Å². The Labute approximate surface area is 113 Å². The molecule has 0 aliphatic carbocycles. The standard InChI is InChI=1S/C14H20N2O3/c1-4-8-16(10-14(18)19-3)13(17)9-12-11(2)6-5-7-15-12/h5-7H,4,8-10H2,1-3H3. The molecule has 1 amide bonds. The minimum Gasteiger partial charge on any atom is -0.468 e. The van der Waals surface area contributed by atoms with E-state index in [0.717, 1.165) is 17.7 Å². The molecule has 1 aromatic heterocycles. The minimum absolute atomic E-state index is 0.00491. The maximum Gasteiger partial charge on any atom is 0.325 e. The van der Waals surface area contributed by atoms with E-state index in [0.29, 0.717) is 6.54 Å². The Kier molecular flexibility index (Phi) is 5.99. The van der Waals surface area contributed by atoms with Crippen LogP contribution in [-0.2, 0) is 20.7 Å². The van der Waals surface area contributed by atoms with Crippen molar-refractivity contribution in [1.82, 2.24) is 9.88 Å². The summed E-state index contributed by atoms with van der Waals surface area (Å²) in [5.41, 5.74) is 1.73. The number of aromatic nitrogens is 1. The normalized spacial score (nSPS) is 10.1. The van der Waals surface area contributed by atoms with Crippen molar-refractivity contribution in [3.63, 3.8) is 0 Å². The lowest BCUT2D eigenvalue weighted by Gasteiger charge is -2.20. The SMILES string of the molecule is CCCN(CC(=O)OC)C(=O)Cc1ncccc1C. The zero-order chi connectivity index (χ0) is 14.3. The molecule has 1 aromatic rings. The van der Waals surface area contributed by atoms with E-state index in [2.05, 4.69) is 9.72 Å². The molecule has 0 atom stereocenters. The van der Waals surface area contributed by atoms with Gasteiger partial charge in [-0.25, -0.2) is 0 Å². The van der Waals surface area contributed by atoms with E-state index in [-0.39, 0.29) is 18.9 Å². The second kappa shape index (κ2) is 7.51. The third-order valence-corrected chi connectivity index (χ3v) is 2.83. The zero-order valence-electron chi connectivity index (χ0n) is 11.7. The van der Waals surface area contributed by atoms with Gasteiger partial charge in [0.1, 0.15) is 6.54 Å². The van der Waals surface area contributed by atoms with Gasteiger partial charge in [0.2, 0.25) is 5.91 Å². The van der Waals surface area contributed by atoms with Crippen LogP contribution >= 0.6 is 0 Å². The quantitative estimate of drug-likeness (QED) is 0.728. The van der Waals surface area contributed by atoms with Crippen LogP contribution in [0.15, 0.2) is 18.3 Å². The first-order chi connectivity index (χ1) is 9.08. The monoisotopic (exact) mass is 264 g/mol. The first-order valence-corrected chi connectivity index (χ1v) is 6.33. The van der Waals surface area contributed by atoms with Gasteiger partial charge >= 0.3 is 5.97 Å². The van der Waals surface area contributed by atoms with Gasteiger partial charge in [-0.05, 0) is 25.0 Å². The Balaban J connectivity index is 2.72. The van der Waals surface area contributed by atoms with Gasteiger partial charge in [0.05, 0.1) is 19.2 Å². The molecular formula is C14H20N2O3. The van der Waals surface area contributed by atoms with E-state index in [1.807, 2.05) is 26.0 Å². The van der Waals surface area contributed by atoms with Crippen molar-refractivity contribution in [2.24, 2.45) is 0 Å². The van der Waals surface area contributed by atoms with E-state index in [9.17, 15) is 9.59 Å². The van der Waals surface area contributed by atoms with E-state index >= 15 is 0 Å². The number of esters is 1. The summed E-state index contributed by atoms with van der Waals surface area (Å²) >= 11 is 0. The van der Waals surface area contributed by atoms with Crippen LogP contribution in [0.4, 0.5) is 0 Å². The molecule has 0 aromatic carbocycles. The number of hydrogen-bond donors (Lipinski definition) is 0. The number of nitrogens with zero attached hydrogens (tertiary/aromatic N) is 2. The second-order valence-electron chi connectivity index (χ2n) is 4.34. The van der Waals surface area contributed by atoms with E-state index in [1.165, 1.54) is 12.0 Å². The molecule has 104 valence electrons. The summed E-state index contributed by atoms with van der Waals surface area (Å²) < 4.78 is 4.60. The first kappa shape index (κ1) is 15.1. The molecule has 0 fully saturated rings. The number of ether oxygens (including phenoxy) is 1. The third kappa shape index (κ3) is 4.69. The number of carbonyl (C=O) groups is 2. The molecule has 0 saturated heterocycles. The maximum absolute atomic E-state index is 12.2. The lowest BCUT2D eigenvalue weighted by molar-refractivity contribution is -0.146. The molecule has 0 N–H and O–H groups in total. The van der Waals surface area contributed by atoms with Crippen molar-refractivity contribution in [2.45, 2.75) is 26.7 Å². The highest BCUT2D eigenvalue weighted by Gasteiger charge is 2.18. The average Bonchev–Trinajstić information content (AvgIpc) is 2.40. The van der Waals surface area contributed by atoms with Gasteiger partial charge in [-0.2, -0.15) is 0 Å². The van der Waals surface area contributed by atoms with Gasteiger partial charge < -0.3 is 9.64 Å². The topological polar surface area (TPSA) is 59.5 Å². The molecule has 0 radical (unpaired) electrons. The fraction of sp³-hybridized carbons (Fsp3) is 0.500. The molecule has 1 heterocycles. The molecule has 0 bridgehead atoms. The average molecular weight is 264 g/mol. The van der Waals surface area contributed by atoms with Gasteiger partial charge in [0.25, 0.3) is 0 Å². The van der Waals surface area contributed by atoms with Crippen molar-refractivity contribution in [3.8, 4) is 0 Å².